The van der Waals surface area contributed by atoms with Crippen LogP contribution in [0.5, 0.6) is 0 Å². The van der Waals surface area contributed by atoms with Crippen molar-refractivity contribution in [2.24, 2.45) is 0 Å². The van der Waals surface area contributed by atoms with Gasteiger partial charge in [0.25, 0.3) is 0 Å². The summed E-state index contributed by atoms with van der Waals surface area (Å²) in [6.07, 6.45) is 6.58. The van der Waals surface area contributed by atoms with Crippen LogP contribution in [-0.4, -0.2) is 18.5 Å². The molecule has 0 aromatic heterocycles. The van der Waals surface area contributed by atoms with E-state index < -0.39 is 0 Å². The molecular formula is C22H25N. The van der Waals surface area contributed by atoms with Gasteiger partial charge in [-0.25, -0.2) is 0 Å². The SMILES string of the molecule is CN1CC=CC=C1c1cc(-c2ccccc2)ccc1C(C)(C)C. The van der Waals surface area contributed by atoms with Gasteiger partial charge in [-0.2, -0.15) is 0 Å². The smallest absolute Gasteiger partial charge is 0.0443 e. The summed E-state index contributed by atoms with van der Waals surface area (Å²) in [5.41, 5.74) is 6.70. The largest absolute Gasteiger partial charge is 0.370 e. The predicted octanol–water partition coefficient (Wildman–Crippen LogP) is 5.49. The number of nitrogens with zero attached hydrogens (tertiary/aromatic N) is 1. The first kappa shape index (κ1) is 15.6. The van der Waals surface area contributed by atoms with Crippen LogP contribution in [0.4, 0.5) is 0 Å². The Bertz CT molecular complexity index is 745. The van der Waals surface area contributed by atoms with Gasteiger partial charge < -0.3 is 4.90 Å². The molecule has 0 amide bonds. The summed E-state index contributed by atoms with van der Waals surface area (Å²) in [4.78, 5) is 2.32. The highest BCUT2D eigenvalue weighted by atomic mass is 15.1. The van der Waals surface area contributed by atoms with Crippen LogP contribution in [0.2, 0.25) is 0 Å². The maximum atomic E-state index is 2.34. The molecule has 3 rings (SSSR count). The molecule has 0 aliphatic carbocycles. The molecule has 0 bridgehead atoms. The van der Waals surface area contributed by atoms with E-state index in [9.17, 15) is 0 Å². The summed E-state index contributed by atoms with van der Waals surface area (Å²) in [6, 6.07) is 17.5. The highest BCUT2D eigenvalue weighted by Crippen LogP contribution is 2.35. The van der Waals surface area contributed by atoms with Crippen molar-refractivity contribution >= 4 is 5.70 Å². The molecule has 0 saturated heterocycles. The molecule has 2 aromatic rings. The van der Waals surface area contributed by atoms with E-state index in [1.165, 1.54) is 28.0 Å². The average molecular weight is 303 g/mol. The summed E-state index contributed by atoms with van der Waals surface area (Å²) in [5.74, 6) is 0. The third kappa shape index (κ3) is 3.24. The summed E-state index contributed by atoms with van der Waals surface area (Å²) < 4.78 is 0. The van der Waals surface area contributed by atoms with Gasteiger partial charge in [-0.3, -0.25) is 0 Å². The van der Waals surface area contributed by atoms with Crippen LogP contribution in [0, 0.1) is 0 Å². The lowest BCUT2D eigenvalue weighted by Gasteiger charge is -2.30. The van der Waals surface area contributed by atoms with E-state index in [1.807, 2.05) is 0 Å². The van der Waals surface area contributed by atoms with Crippen LogP contribution >= 0.6 is 0 Å². The Kier molecular flexibility index (Phi) is 4.12. The Morgan fingerprint density at radius 2 is 1.65 bits per heavy atom. The molecule has 0 spiro atoms. The zero-order valence-electron chi connectivity index (χ0n) is 14.5. The number of hydrogen-bond donors (Lipinski definition) is 0. The Morgan fingerprint density at radius 1 is 0.913 bits per heavy atom. The van der Waals surface area contributed by atoms with Crippen molar-refractivity contribution in [3.05, 3.63) is 77.9 Å². The van der Waals surface area contributed by atoms with Crippen molar-refractivity contribution in [3.8, 4) is 11.1 Å². The normalized spacial score (nSPS) is 14.8. The second-order valence-electron chi connectivity index (χ2n) is 7.24. The molecule has 118 valence electrons. The van der Waals surface area contributed by atoms with Gasteiger partial charge in [-0.1, -0.05) is 75.4 Å². The Labute approximate surface area is 140 Å². The van der Waals surface area contributed by atoms with E-state index in [1.54, 1.807) is 0 Å². The summed E-state index contributed by atoms with van der Waals surface area (Å²) in [6.45, 7) is 7.82. The van der Waals surface area contributed by atoms with E-state index >= 15 is 0 Å². The molecule has 2 aromatic carbocycles. The third-order valence-corrected chi connectivity index (χ3v) is 4.39. The van der Waals surface area contributed by atoms with Crippen molar-refractivity contribution in [2.45, 2.75) is 26.2 Å². The first-order valence-electron chi connectivity index (χ1n) is 8.25. The summed E-state index contributed by atoms with van der Waals surface area (Å²) in [7, 11) is 2.16. The molecule has 0 unspecified atom stereocenters. The average Bonchev–Trinajstić information content (AvgIpc) is 2.55. The minimum atomic E-state index is 0.118. The second-order valence-corrected chi connectivity index (χ2v) is 7.24. The van der Waals surface area contributed by atoms with Crippen molar-refractivity contribution in [3.63, 3.8) is 0 Å². The van der Waals surface area contributed by atoms with Gasteiger partial charge in [0, 0.05) is 24.9 Å². The molecule has 1 aliphatic heterocycles. The minimum absolute atomic E-state index is 0.118. The van der Waals surface area contributed by atoms with E-state index in [0.717, 1.165) is 6.54 Å². The standard InChI is InChI=1S/C22H25N/c1-22(2,3)20-14-13-18(17-10-6-5-7-11-17)16-19(20)21-12-8-9-15-23(21)4/h5-14,16H,15H2,1-4H3. The van der Waals surface area contributed by atoms with Crippen molar-refractivity contribution in [1.82, 2.24) is 4.90 Å². The molecule has 0 saturated carbocycles. The maximum Gasteiger partial charge on any atom is 0.0443 e. The highest BCUT2D eigenvalue weighted by Gasteiger charge is 2.22. The van der Waals surface area contributed by atoms with Crippen molar-refractivity contribution in [2.75, 3.05) is 13.6 Å². The minimum Gasteiger partial charge on any atom is -0.370 e. The fourth-order valence-electron chi connectivity index (χ4n) is 3.12. The maximum absolute atomic E-state index is 2.34. The second kappa shape index (κ2) is 6.08. The summed E-state index contributed by atoms with van der Waals surface area (Å²) in [5, 5.41) is 0. The fraction of sp³-hybridized carbons (Fsp3) is 0.273. The molecule has 0 radical (unpaired) electrons. The molecule has 1 nitrogen and oxygen atoms in total. The first-order valence-corrected chi connectivity index (χ1v) is 8.25. The molecule has 1 heterocycles. The molecule has 1 heteroatoms. The lowest BCUT2D eigenvalue weighted by molar-refractivity contribution is 0.524. The monoisotopic (exact) mass is 303 g/mol. The van der Waals surface area contributed by atoms with Gasteiger partial charge in [-0.05, 0) is 34.2 Å². The fourth-order valence-corrected chi connectivity index (χ4v) is 3.12. The van der Waals surface area contributed by atoms with Gasteiger partial charge in [0.05, 0.1) is 0 Å². The number of allylic oxidation sites excluding steroid dienone is 2. The topological polar surface area (TPSA) is 3.24 Å². The molecule has 0 N–H and O–H groups in total. The molecule has 1 aliphatic rings. The predicted molar refractivity (Wildman–Crippen MR) is 100 cm³/mol. The number of hydrogen-bond acceptors (Lipinski definition) is 1. The van der Waals surface area contributed by atoms with Gasteiger partial charge in [0.15, 0.2) is 0 Å². The molecule has 23 heavy (non-hydrogen) atoms. The molecule has 0 atom stereocenters. The quantitative estimate of drug-likeness (QED) is 0.708. The number of benzene rings is 2. The molecular weight excluding hydrogens is 278 g/mol. The van der Waals surface area contributed by atoms with Crippen LogP contribution in [-0.2, 0) is 5.41 Å². The van der Waals surface area contributed by atoms with Crippen molar-refractivity contribution < 1.29 is 0 Å². The van der Waals surface area contributed by atoms with Gasteiger partial charge >= 0.3 is 0 Å². The van der Waals surface area contributed by atoms with Crippen LogP contribution in [0.1, 0.15) is 31.9 Å². The Balaban J connectivity index is 2.17. The van der Waals surface area contributed by atoms with E-state index in [4.69, 9.17) is 0 Å². The lowest BCUT2D eigenvalue weighted by Crippen LogP contribution is -2.22. The summed E-state index contributed by atoms with van der Waals surface area (Å²) >= 11 is 0. The Hall–Kier alpha value is -2.28. The van der Waals surface area contributed by atoms with Crippen LogP contribution in [0.25, 0.3) is 16.8 Å². The number of likely N-dealkylation sites (N-methyl/N-ethyl adjacent to an activating group) is 1. The van der Waals surface area contributed by atoms with Gasteiger partial charge in [0.1, 0.15) is 0 Å². The van der Waals surface area contributed by atoms with Gasteiger partial charge in [0.2, 0.25) is 0 Å². The first-order chi connectivity index (χ1) is 11.0. The van der Waals surface area contributed by atoms with Crippen LogP contribution in [0.3, 0.4) is 0 Å². The Morgan fingerprint density at radius 3 is 2.30 bits per heavy atom. The van der Waals surface area contributed by atoms with Crippen LogP contribution in [0.15, 0.2) is 66.8 Å². The zero-order valence-corrected chi connectivity index (χ0v) is 14.5. The lowest BCUT2D eigenvalue weighted by atomic mass is 9.81. The van der Waals surface area contributed by atoms with E-state index in [0.29, 0.717) is 0 Å². The van der Waals surface area contributed by atoms with Gasteiger partial charge in [-0.15, -0.1) is 0 Å². The zero-order chi connectivity index (χ0) is 16.4. The van der Waals surface area contributed by atoms with E-state index in [2.05, 4.69) is 99.5 Å². The molecule has 0 fully saturated rings. The van der Waals surface area contributed by atoms with Crippen LogP contribution < -0.4 is 0 Å². The highest BCUT2D eigenvalue weighted by molar-refractivity contribution is 5.76. The number of rotatable bonds is 2. The van der Waals surface area contributed by atoms with Crippen molar-refractivity contribution in [1.29, 1.82) is 0 Å². The third-order valence-electron chi connectivity index (χ3n) is 4.39. The van der Waals surface area contributed by atoms with E-state index in [-0.39, 0.29) is 5.41 Å².